The third-order valence-corrected chi connectivity index (χ3v) is 4.89. The van der Waals surface area contributed by atoms with Crippen LogP contribution in [0.4, 0.5) is 0 Å². The Morgan fingerprint density at radius 3 is 1.41 bits per heavy atom. The number of ether oxygens (including phenoxy) is 3. The SMILES string of the molecule is Cc1ccc(C(=O)O[C@@H]2C(=O)OC(=O)[C@H]2OC(=O)c2ccc(C)c(C)c2)cc1C. The summed E-state index contributed by atoms with van der Waals surface area (Å²) in [5, 5.41) is 0. The first-order valence-electron chi connectivity index (χ1n) is 8.99. The molecule has 3 rings (SSSR count). The topological polar surface area (TPSA) is 96.0 Å². The van der Waals surface area contributed by atoms with Crippen molar-refractivity contribution in [2.75, 3.05) is 0 Å². The van der Waals surface area contributed by atoms with Gasteiger partial charge in [-0.2, -0.15) is 0 Å². The molecule has 29 heavy (non-hydrogen) atoms. The second-order valence-corrected chi connectivity index (χ2v) is 6.99. The fourth-order valence-corrected chi connectivity index (χ4v) is 2.79. The van der Waals surface area contributed by atoms with E-state index in [0.29, 0.717) is 0 Å². The van der Waals surface area contributed by atoms with E-state index in [1.54, 1.807) is 36.4 Å². The highest BCUT2D eigenvalue weighted by Gasteiger charge is 2.50. The molecule has 0 saturated carbocycles. The number of benzene rings is 2. The zero-order valence-corrected chi connectivity index (χ0v) is 16.5. The zero-order valence-electron chi connectivity index (χ0n) is 16.5. The Morgan fingerprint density at radius 2 is 1.07 bits per heavy atom. The van der Waals surface area contributed by atoms with Gasteiger partial charge in [0.2, 0.25) is 12.2 Å². The highest BCUT2D eigenvalue weighted by Crippen LogP contribution is 2.21. The molecule has 0 radical (unpaired) electrons. The number of cyclic esters (lactones) is 2. The predicted octanol–water partition coefficient (Wildman–Crippen LogP) is 2.75. The van der Waals surface area contributed by atoms with E-state index in [1.165, 1.54) is 0 Å². The van der Waals surface area contributed by atoms with Crippen LogP contribution in [0.25, 0.3) is 0 Å². The van der Waals surface area contributed by atoms with Gasteiger partial charge in [0, 0.05) is 0 Å². The minimum atomic E-state index is -1.66. The fraction of sp³-hybridized carbons (Fsp3) is 0.273. The van der Waals surface area contributed by atoms with E-state index in [9.17, 15) is 19.2 Å². The first-order valence-corrected chi connectivity index (χ1v) is 8.99. The van der Waals surface area contributed by atoms with Crippen LogP contribution in [0, 0.1) is 27.7 Å². The predicted molar refractivity (Wildman–Crippen MR) is 101 cm³/mol. The molecule has 0 unspecified atom stereocenters. The summed E-state index contributed by atoms with van der Waals surface area (Å²) in [6.45, 7) is 7.43. The molecule has 0 aliphatic carbocycles. The Morgan fingerprint density at radius 1 is 0.690 bits per heavy atom. The average Bonchev–Trinajstić information content (AvgIpc) is 2.92. The van der Waals surface area contributed by atoms with Crippen molar-refractivity contribution in [1.82, 2.24) is 0 Å². The van der Waals surface area contributed by atoms with Crippen LogP contribution in [0.15, 0.2) is 36.4 Å². The summed E-state index contributed by atoms with van der Waals surface area (Å²) in [7, 11) is 0. The second-order valence-electron chi connectivity index (χ2n) is 6.99. The lowest BCUT2D eigenvalue weighted by molar-refractivity contribution is -0.155. The van der Waals surface area contributed by atoms with Crippen LogP contribution in [-0.2, 0) is 23.8 Å². The van der Waals surface area contributed by atoms with Crippen molar-refractivity contribution < 1.29 is 33.4 Å². The molecule has 0 spiro atoms. The van der Waals surface area contributed by atoms with Crippen molar-refractivity contribution in [1.29, 1.82) is 0 Å². The van der Waals surface area contributed by atoms with Crippen LogP contribution in [0.5, 0.6) is 0 Å². The van der Waals surface area contributed by atoms with Gasteiger partial charge in [-0.15, -0.1) is 0 Å². The third kappa shape index (κ3) is 4.18. The Balaban J connectivity index is 1.78. The van der Waals surface area contributed by atoms with E-state index in [1.807, 2.05) is 27.7 Å². The maximum atomic E-state index is 12.4. The van der Waals surface area contributed by atoms with Gasteiger partial charge in [0.1, 0.15) is 0 Å². The monoisotopic (exact) mass is 396 g/mol. The van der Waals surface area contributed by atoms with E-state index in [0.717, 1.165) is 22.3 Å². The maximum absolute atomic E-state index is 12.4. The number of carbonyl (C=O) groups is 4. The Kier molecular flexibility index (Phi) is 5.50. The van der Waals surface area contributed by atoms with Crippen molar-refractivity contribution in [3.63, 3.8) is 0 Å². The molecular formula is C22H20O7. The molecule has 0 amide bonds. The smallest absolute Gasteiger partial charge is 0.359 e. The second kappa shape index (κ2) is 7.87. The van der Waals surface area contributed by atoms with Gasteiger partial charge < -0.3 is 14.2 Å². The summed E-state index contributed by atoms with van der Waals surface area (Å²) >= 11 is 0. The van der Waals surface area contributed by atoms with Crippen LogP contribution in [-0.4, -0.2) is 36.1 Å². The summed E-state index contributed by atoms with van der Waals surface area (Å²) in [5.74, 6) is -3.80. The standard InChI is InChI=1S/C22H20O7/c1-11-5-7-15(9-13(11)3)19(23)27-17-18(22(26)29-21(17)25)28-20(24)16-8-6-12(2)14(4)10-16/h5-10,17-18H,1-4H3/t17-,18-/m0/s1. The molecule has 7 heteroatoms. The number of esters is 4. The number of aryl methyl sites for hydroxylation is 4. The molecule has 150 valence electrons. The van der Waals surface area contributed by atoms with E-state index < -0.39 is 36.1 Å². The van der Waals surface area contributed by atoms with Gasteiger partial charge in [-0.05, 0) is 74.2 Å². The summed E-state index contributed by atoms with van der Waals surface area (Å²) in [6.07, 6.45) is -3.32. The van der Waals surface area contributed by atoms with Crippen molar-refractivity contribution in [2.24, 2.45) is 0 Å². The largest absolute Gasteiger partial charge is 0.442 e. The molecule has 0 aromatic heterocycles. The van der Waals surface area contributed by atoms with Crippen molar-refractivity contribution >= 4 is 23.9 Å². The molecule has 1 aliphatic rings. The van der Waals surface area contributed by atoms with Crippen LogP contribution in [0.2, 0.25) is 0 Å². The lowest BCUT2D eigenvalue weighted by Crippen LogP contribution is -2.37. The Labute approximate surface area is 167 Å². The third-order valence-electron chi connectivity index (χ3n) is 4.89. The molecule has 1 aliphatic heterocycles. The zero-order chi connectivity index (χ0) is 21.3. The van der Waals surface area contributed by atoms with Gasteiger partial charge in [0.15, 0.2) is 0 Å². The highest BCUT2D eigenvalue weighted by atomic mass is 16.7. The molecule has 1 heterocycles. The van der Waals surface area contributed by atoms with Crippen LogP contribution in [0.3, 0.4) is 0 Å². The van der Waals surface area contributed by atoms with Gasteiger partial charge in [-0.1, -0.05) is 12.1 Å². The molecule has 0 N–H and O–H groups in total. The van der Waals surface area contributed by atoms with E-state index in [2.05, 4.69) is 4.74 Å². The van der Waals surface area contributed by atoms with E-state index in [-0.39, 0.29) is 11.1 Å². The minimum absolute atomic E-state index is 0.208. The lowest BCUT2D eigenvalue weighted by atomic mass is 10.1. The number of rotatable bonds is 4. The first-order chi connectivity index (χ1) is 13.7. The first kappa shape index (κ1) is 20.3. The van der Waals surface area contributed by atoms with Gasteiger partial charge in [0.25, 0.3) is 0 Å². The van der Waals surface area contributed by atoms with Crippen LogP contribution in [0.1, 0.15) is 43.0 Å². The summed E-state index contributed by atoms with van der Waals surface area (Å²) in [4.78, 5) is 48.8. The highest BCUT2D eigenvalue weighted by molar-refractivity contribution is 6.03. The summed E-state index contributed by atoms with van der Waals surface area (Å²) in [6, 6.07) is 9.78. The van der Waals surface area contributed by atoms with Crippen molar-refractivity contribution in [3.05, 3.63) is 69.8 Å². The molecule has 0 bridgehead atoms. The quantitative estimate of drug-likeness (QED) is 0.445. The van der Waals surface area contributed by atoms with E-state index in [4.69, 9.17) is 9.47 Å². The van der Waals surface area contributed by atoms with Gasteiger partial charge in [0.05, 0.1) is 11.1 Å². The fourth-order valence-electron chi connectivity index (χ4n) is 2.79. The van der Waals surface area contributed by atoms with Gasteiger partial charge in [-0.3, -0.25) is 0 Å². The number of carbonyl (C=O) groups excluding carboxylic acids is 4. The molecule has 2 atom stereocenters. The molecule has 1 fully saturated rings. The molecule has 7 nitrogen and oxygen atoms in total. The number of hydrogen-bond acceptors (Lipinski definition) is 7. The van der Waals surface area contributed by atoms with Gasteiger partial charge in [-0.25, -0.2) is 19.2 Å². The van der Waals surface area contributed by atoms with E-state index >= 15 is 0 Å². The normalized spacial score (nSPS) is 18.3. The van der Waals surface area contributed by atoms with Crippen molar-refractivity contribution in [2.45, 2.75) is 39.9 Å². The Hall–Kier alpha value is -3.48. The van der Waals surface area contributed by atoms with Crippen molar-refractivity contribution in [3.8, 4) is 0 Å². The van der Waals surface area contributed by atoms with Crippen LogP contribution >= 0.6 is 0 Å². The average molecular weight is 396 g/mol. The summed E-state index contributed by atoms with van der Waals surface area (Å²) < 4.78 is 14.8. The van der Waals surface area contributed by atoms with Gasteiger partial charge >= 0.3 is 23.9 Å². The maximum Gasteiger partial charge on any atom is 0.359 e. The Bertz CT molecular complexity index is 940. The minimum Gasteiger partial charge on any atom is -0.442 e. The van der Waals surface area contributed by atoms with Crippen LogP contribution < -0.4 is 0 Å². The molecule has 2 aromatic carbocycles. The molecule has 2 aromatic rings. The number of hydrogen-bond donors (Lipinski definition) is 0. The molecular weight excluding hydrogens is 376 g/mol. The lowest BCUT2D eigenvalue weighted by Gasteiger charge is -2.16. The molecule has 1 saturated heterocycles. The summed E-state index contributed by atoms with van der Waals surface area (Å²) in [5.41, 5.74) is 4.11.